The highest BCUT2D eigenvalue weighted by atomic mass is 16.4. The van der Waals surface area contributed by atoms with E-state index >= 15 is 0 Å². The number of rotatable bonds is 12. The average molecular weight is 450 g/mol. The number of aromatic nitrogens is 4. The van der Waals surface area contributed by atoms with Crippen molar-refractivity contribution in [1.29, 1.82) is 0 Å². The third kappa shape index (κ3) is 7.17. The van der Waals surface area contributed by atoms with Gasteiger partial charge in [0.15, 0.2) is 0 Å². The number of H-pyrrole nitrogens is 2. The molecule has 0 fully saturated rings. The Morgan fingerprint density at radius 1 is 0.906 bits per heavy atom. The molecule has 2 rings (SSSR count). The number of hydrogen-bond donors (Lipinski definition) is 8. The maximum Gasteiger partial charge on any atom is 0.326 e. The first-order valence-electron chi connectivity index (χ1n) is 9.66. The van der Waals surface area contributed by atoms with Gasteiger partial charge >= 0.3 is 5.97 Å². The van der Waals surface area contributed by atoms with E-state index in [4.69, 9.17) is 5.73 Å². The molecule has 2 aromatic rings. The van der Waals surface area contributed by atoms with Crippen LogP contribution in [0.4, 0.5) is 0 Å². The fourth-order valence-corrected chi connectivity index (χ4v) is 2.68. The Bertz CT molecular complexity index is 899. The summed E-state index contributed by atoms with van der Waals surface area (Å²) in [6, 6.07) is -4.80. The number of aliphatic hydroxyl groups is 1. The van der Waals surface area contributed by atoms with E-state index < -0.39 is 54.5 Å². The van der Waals surface area contributed by atoms with Crippen LogP contribution < -0.4 is 21.7 Å². The molecule has 4 unspecified atom stereocenters. The van der Waals surface area contributed by atoms with Crippen LogP contribution in [0.1, 0.15) is 18.3 Å². The number of imidazole rings is 2. The summed E-state index contributed by atoms with van der Waals surface area (Å²) >= 11 is 0. The molecule has 14 nitrogen and oxygen atoms in total. The van der Waals surface area contributed by atoms with Crippen molar-refractivity contribution in [2.24, 2.45) is 5.73 Å². The van der Waals surface area contributed by atoms with E-state index in [0.717, 1.165) is 0 Å². The van der Waals surface area contributed by atoms with Crippen LogP contribution >= 0.6 is 0 Å². The highest BCUT2D eigenvalue weighted by Gasteiger charge is 2.30. The molecule has 3 amide bonds. The lowest BCUT2D eigenvalue weighted by atomic mass is 10.1. The first kappa shape index (κ1) is 24.5. The topological polar surface area (TPSA) is 228 Å². The highest BCUT2D eigenvalue weighted by molar-refractivity contribution is 5.94. The Morgan fingerprint density at radius 3 is 1.81 bits per heavy atom. The summed E-state index contributed by atoms with van der Waals surface area (Å²) in [6.45, 7) is 0.669. The molecule has 2 aromatic heterocycles. The lowest BCUT2D eigenvalue weighted by Crippen LogP contribution is -2.58. The van der Waals surface area contributed by atoms with Gasteiger partial charge in [0.2, 0.25) is 17.7 Å². The molecule has 0 saturated carbocycles. The van der Waals surface area contributed by atoms with Crippen LogP contribution in [0.3, 0.4) is 0 Å². The van der Waals surface area contributed by atoms with E-state index in [-0.39, 0.29) is 12.8 Å². The number of carboxylic acids is 1. The quantitative estimate of drug-likeness (QED) is 0.162. The first-order chi connectivity index (χ1) is 15.2. The number of nitrogens with two attached hydrogens (primary N) is 1. The lowest BCUT2D eigenvalue weighted by Gasteiger charge is -2.24. The van der Waals surface area contributed by atoms with Crippen molar-refractivity contribution in [3.05, 3.63) is 36.4 Å². The fourth-order valence-electron chi connectivity index (χ4n) is 2.68. The van der Waals surface area contributed by atoms with Gasteiger partial charge in [0, 0.05) is 36.6 Å². The summed E-state index contributed by atoms with van der Waals surface area (Å²) in [5.74, 6) is -3.58. The van der Waals surface area contributed by atoms with Gasteiger partial charge in [-0.3, -0.25) is 14.4 Å². The molecule has 0 aromatic carbocycles. The second-order valence-corrected chi connectivity index (χ2v) is 7.05. The van der Waals surface area contributed by atoms with Gasteiger partial charge in [0.05, 0.1) is 25.3 Å². The van der Waals surface area contributed by atoms with Crippen molar-refractivity contribution in [3.8, 4) is 0 Å². The monoisotopic (exact) mass is 450 g/mol. The third-order valence-corrected chi connectivity index (χ3v) is 4.43. The second kappa shape index (κ2) is 11.6. The molecule has 0 radical (unpaired) electrons. The summed E-state index contributed by atoms with van der Waals surface area (Å²) in [7, 11) is 0. The minimum atomic E-state index is -1.36. The predicted molar refractivity (Wildman–Crippen MR) is 109 cm³/mol. The average Bonchev–Trinajstić information content (AvgIpc) is 3.44. The number of carboxylic acid groups (broad SMARTS) is 1. The van der Waals surface area contributed by atoms with Crippen molar-refractivity contribution in [2.75, 3.05) is 6.61 Å². The molecule has 0 aliphatic carbocycles. The van der Waals surface area contributed by atoms with Gasteiger partial charge in [-0.1, -0.05) is 0 Å². The van der Waals surface area contributed by atoms with Crippen LogP contribution in [-0.2, 0) is 32.0 Å². The summed E-state index contributed by atoms with van der Waals surface area (Å²) in [5, 5.41) is 26.0. The summed E-state index contributed by atoms with van der Waals surface area (Å²) in [6.07, 6.45) is 5.52. The minimum Gasteiger partial charge on any atom is -0.480 e. The Morgan fingerprint density at radius 2 is 1.38 bits per heavy atom. The van der Waals surface area contributed by atoms with Crippen molar-refractivity contribution in [3.63, 3.8) is 0 Å². The first-order valence-corrected chi connectivity index (χ1v) is 9.66. The van der Waals surface area contributed by atoms with E-state index in [0.29, 0.717) is 11.4 Å². The van der Waals surface area contributed by atoms with Gasteiger partial charge in [0.1, 0.15) is 18.1 Å². The third-order valence-electron chi connectivity index (χ3n) is 4.43. The predicted octanol–water partition coefficient (Wildman–Crippen LogP) is -3.20. The number of carbonyl (C=O) groups is 4. The molecule has 0 aliphatic heterocycles. The largest absolute Gasteiger partial charge is 0.480 e. The number of amides is 3. The number of aromatic amines is 2. The van der Waals surface area contributed by atoms with Gasteiger partial charge in [-0.05, 0) is 6.92 Å². The number of hydrogen-bond acceptors (Lipinski definition) is 8. The van der Waals surface area contributed by atoms with E-state index in [1.54, 1.807) is 0 Å². The molecule has 0 bridgehead atoms. The Hall–Kier alpha value is -3.78. The fraction of sp³-hybridized carbons (Fsp3) is 0.444. The van der Waals surface area contributed by atoms with Crippen molar-refractivity contribution < 1.29 is 29.4 Å². The van der Waals surface area contributed by atoms with Gasteiger partial charge < -0.3 is 41.9 Å². The molecule has 174 valence electrons. The number of nitrogens with one attached hydrogen (secondary N) is 5. The zero-order valence-electron chi connectivity index (χ0n) is 17.2. The molecule has 0 aliphatic rings. The van der Waals surface area contributed by atoms with Gasteiger partial charge in [-0.2, -0.15) is 0 Å². The number of carbonyl (C=O) groups excluding carboxylic acids is 3. The van der Waals surface area contributed by atoms with E-state index in [1.165, 1.54) is 32.0 Å². The normalized spacial score (nSPS) is 14.6. The molecule has 32 heavy (non-hydrogen) atoms. The lowest BCUT2D eigenvalue weighted by molar-refractivity contribution is -0.142. The van der Waals surface area contributed by atoms with Gasteiger partial charge in [-0.25, -0.2) is 14.8 Å². The Balaban J connectivity index is 2.14. The van der Waals surface area contributed by atoms with Crippen LogP contribution in [0.25, 0.3) is 0 Å². The maximum atomic E-state index is 12.9. The molecule has 9 N–H and O–H groups in total. The summed E-state index contributed by atoms with van der Waals surface area (Å²) < 4.78 is 0. The van der Waals surface area contributed by atoms with Crippen molar-refractivity contribution in [1.82, 2.24) is 35.9 Å². The molecule has 2 heterocycles. The van der Waals surface area contributed by atoms with Crippen molar-refractivity contribution in [2.45, 2.75) is 43.9 Å². The van der Waals surface area contributed by atoms with Crippen LogP contribution in [0.5, 0.6) is 0 Å². The Labute approximate surface area is 182 Å². The van der Waals surface area contributed by atoms with Crippen LogP contribution in [0.15, 0.2) is 25.0 Å². The van der Waals surface area contributed by atoms with E-state index in [9.17, 15) is 29.4 Å². The molecular formula is C18H26N8O6. The van der Waals surface area contributed by atoms with Crippen LogP contribution in [0.2, 0.25) is 0 Å². The minimum absolute atomic E-state index is 0.0483. The molecule has 4 atom stereocenters. The zero-order chi connectivity index (χ0) is 23.7. The van der Waals surface area contributed by atoms with Gasteiger partial charge in [0.25, 0.3) is 0 Å². The standard InChI is InChI=1S/C18H26N8O6/c1-9(19)15(28)26-14(6-27)17(30)24-12(2-10-4-20-7-22-10)16(29)25-13(18(31)32)3-11-5-21-8-23-11/h4-5,7-9,12-14,27H,2-3,6,19H2,1H3,(H,20,22)(H,21,23)(H,24,30)(H,25,29)(H,26,28)(H,31,32). The molecular weight excluding hydrogens is 424 g/mol. The summed E-state index contributed by atoms with van der Waals surface area (Å²) in [5.41, 5.74) is 6.44. The van der Waals surface area contributed by atoms with Gasteiger partial charge in [-0.15, -0.1) is 0 Å². The van der Waals surface area contributed by atoms with Crippen molar-refractivity contribution >= 4 is 23.7 Å². The summed E-state index contributed by atoms with van der Waals surface area (Å²) in [4.78, 5) is 62.0. The number of aliphatic hydroxyl groups excluding tert-OH is 1. The van der Waals surface area contributed by atoms with Crippen LogP contribution in [-0.4, -0.2) is 84.6 Å². The van der Waals surface area contributed by atoms with Crippen LogP contribution in [0, 0.1) is 0 Å². The maximum absolute atomic E-state index is 12.9. The number of nitrogens with zero attached hydrogens (tertiary/aromatic N) is 2. The smallest absolute Gasteiger partial charge is 0.326 e. The van der Waals surface area contributed by atoms with E-state index in [1.807, 2.05) is 0 Å². The molecule has 0 spiro atoms. The highest BCUT2D eigenvalue weighted by Crippen LogP contribution is 2.04. The Kier molecular flexibility index (Phi) is 8.85. The van der Waals surface area contributed by atoms with E-state index in [2.05, 4.69) is 35.9 Å². The second-order valence-electron chi connectivity index (χ2n) is 7.05. The zero-order valence-corrected chi connectivity index (χ0v) is 17.2. The molecule has 0 saturated heterocycles. The number of aliphatic carboxylic acids is 1. The SMILES string of the molecule is CC(N)C(=O)NC(CO)C(=O)NC(Cc1cnc[nH]1)C(=O)NC(Cc1cnc[nH]1)C(=O)O. The molecule has 14 heteroatoms.